The van der Waals surface area contributed by atoms with Crippen LogP contribution in [0.15, 0.2) is 63.9 Å². The van der Waals surface area contributed by atoms with Crippen LogP contribution >= 0.6 is 0 Å². The number of fused-ring (bicyclic) bond motifs is 1. The normalized spacial score (nSPS) is 10.9. The number of nitriles is 1. The van der Waals surface area contributed by atoms with E-state index in [-0.39, 0.29) is 45.3 Å². The number of aromatic nitrogens is 1. The van der Waals surface area contributed by atoms with Crippen LogP contribution in [0.4, 0.5) is 15.8 Å². The highest BCUT2D eigenvalue weighted by Gasteiger charge is 2.24. The summed E-state index contributed by atoms with van der Waals surface area (Å²) in [6, 6.07) is 11.9. The van der Waals surface area contributed by atoms with Crippen LogP contribution in [-0.4, -0.2) is 15.4 Å². The van der Waals surface area contributed by atoms with Crippen LogP contribution in [0.3, 0.4) is 0 Å². The summed E-state index contributed by atoms with van der Waals surface area (Å²) in [5.74, 6) is -1.42. The maximum absolute atomic E-state index is 14.1. The number of anilines is 1. The first-order valence-electron chi connectivity index (χ1n) is 10.1. The maximum Gasteiger partial charge on any atom is 0.292 e. The van der Waals surface area contributed by atoms with E-state index in [1.807, 2.05) is 6.07 Å². The molecule has 0 aliphatic rings. The SMILES string of the molecule is CC(C)n1cc(-c2c(C(=O)Nc3ccc([N+](=O)[O-])cc3)oc3ccc(F)cc23)cc(C#N)c1=O. The Morgan fingerprint density at radius 1 is 1.21 bits per heavy atom. The zero-order valence-corrected chi connectivity index (χ0v) is 18.0. The van der Waals surface area contributed by atoms with Crippen LogP contribution in [0, 0.1) is 27.3 Å². The summed E-state index contributed by atoms with van der Waals surface area (Å²) in [4.78, 5) is 36.0. The summed E-state index contributed by atoms with van der Waals surface area (Å²) in [5.41, 5.74) is 0.264. The van der Waals surface area contributed by atoms with Gasteiger partial charge >= 0.3 is 0 Å². The van der Waals surface area contributed by atoms with Gasteiger partial charge in [0.15, 0.2) is 0 Å². The van der Waals surface area contributed by atoms with Gasteiger partial charge in [-0.25, -0.2) is 4.39 Å². The average molecular weight is 460 g/mol. The molecule has 2 aromatic carbocycles. The number of rotatable bonds is 5. The number of furan rings is 1. The minimum absolute atomic E-state index is 0.140. The quantitative estimate of drug-likeness (QED) is 0.329. The Morgan fingerprint density at radius 3 is 2.53 bits per heavy atom. The lowest BCUT2D eigenvalue weighted by molar-refractivity contribution is -0.384. The standard InChI is InChI=1S/C24H17FN4O5/c1-13(2)28-12-15(9-14(11-26)24(28)31)21-19-10-16(25)3-8-20(19)34-22(21)23(30)27-17-4-6-18(7-5-17)29(32)33/h3-10,12-13H,1-2H3,(H,27,30). The monoisotopic (exact) mass is 460 g/mol. The molecule has 0 bridgehead atoms. The first-order valence-corrected chi connectivity index (χ1v) is 10.1. The third kappa shape index (κ3) is 4.02. The molecule has 9 nitrogen and oxygen atoms in total. The predicted molar refractivity (Wildman–Crippen MR) is 122 cm³/mol. The summed E-state index contributed by atoms with van der Waals surface area (Å²) in [6.07, 6.45) is 1.49. The molecule has 10 heteroatoms. The molecule has 34 heavy (non-hydrogen) atoms. The number of hydrogen-bond acceptors (Lipinski definition) is 6. The summed E-state index contributed by atoms with van der Waals surface area (Å²) >= 11 is 0. The number of carbonyl (C=O) groups excluding carboxylic acids is 1. The molecule has 0 radical (unpaired) electrons. The van der Waals surface area contributed by atoms with Gasteiger partial charge in [-0.05, 0) is 50.2 Å². The topological polar surface area (TPSA) is 131 Å². The van der Waals surface area contributed by atoms with Gasteiger partial charge < -0.3 is 14.3 Å². The van der Waals surface area contributed by atoms with Crippen LogP contribution < -0.4 is 10.9 Å². The Labute approximate surface area is 191 Å². The number of pyridine rings is 1. The fourth-order valence-electron chi connectivity index (χ4n) is 3.57. The number of nitro benzene ring substituents is 1. The van der Waals surface area contributed by atoms with Crippen molar-refractivity contribution in [3.05, 3.63) is 92.3 Å². The average Bonchev–Trinajstić information content (AvgIpc) is 3.18. The van der Waals surface area contributed by atoms with Gasteiger partial charge in [0.2, 0.25) is 5.76 Å². The van der Waals surface area contributed by atoms with Crippen molar-refractivity contribution in [3.63, 3.8) is 0 Å². The third-order valence-electron chi connectivity index (χ3n) is 5.20. The van der Waals surface area contributed by atoms with Crippen LogP contribution in [-0.2, 0) is 0 Å². The first-order chi connectivity index (χ1) is 16.2. The van der Waals surface area contributed by atoms with E-state index in [4.69, 9.17) is 4.42 Å². The van der Waals surface area contributed by atoms with E-state index in [1.54, 1.807) is 13.8 Å². The van der Waals surface area contributed by atoms with Gasteiger partial charge in [-0.2, -0.15) is 5.26 Å². The molecule has 0 aliphatic heterocycles. The van der Waals surface area contributed by atoms with Gasteiger partial charge in [0, 0.05) is 46.6 Å². The molecular weight excluding hydrogens is 443 g/mol. The molecule has 0 spiro atoms. The van der Waals surface area contributed by atoms with Crippen LogP contribution in [0.1, 0.15) is 36.0 Å². The van der Waals surface area contributed by atoms with E-state index in [1.165, 1.54) is 59.3 Å². The molecule has 0 unspecified atom stereocenters. The van der Waals surface area contributed by atoms with Crippen molar-refractivity contribution in [1.82, 2.24) is 4.57 Å². The fraction of sp³-hybridized carbons (Fsp3) is 0.125. The summed E-state index contributed by atoms with van der Waals surface area (Å²) in [5, 5.41) is 23.2. The molecular formula is C24H17FN4O5. The molecule has 1 N–H and O–H groups in total. The Hall–Kier alpha value is -4.78. The second kappa shape index (κ2) is 8.63. The molecule has 2 heterocycles. The smallest absolute Gasteiger partial charge is 0.292 e. The minimum Gasteiger partial charge on any atom is -0.450 e. The van der Waals surface area contributed by atoms with Gasteiger partial charge in [-0.1, -0.05) is 0 Å². The lowest BCUT2D eigenvalue weighted by Gasteiger charge is -2.13. The number of carbonyl (C=O) groups is 1. The van der Waals surface area contributed by atoms with Crippen LogP contribution in [0.5, 0.6) is 0 Å². The van der Waals surface area contributed by atoms with Crippen molar-refractivity contribution in [2.45, 2.75) is 19.9 Å². The third-order valence-corrected chi connectivity index (χ3v) is 5.20. The van der Waals surface area contributed by atoms with E-state index in [0.717, 1.165) is 0 Å². The van der Waals surface area contributed by atoms with Gasteiger partial charge in [-0.15, -0.1) is 0 Å². The maximum atomic E-state index is 14.1. The summed E-state index contributed by atoms with van der Waals surface area (Å²) in [6.45, 7) is 3.53. The fourth-order valence-corrected chi connectivity index (χ4v) is 3.57. The number of amides is 1. The van der Waals surface area contributed by atoms with E-state index in [2.05, 4.69) is 5.32 Å². The number of nitrogens with one attached hydrogen (secondary N) is 1. The van der Waals surface area contributed by atoms with Crippen LogP contribution in [0.2, 0.25) is 0 Å². The number of benzene rings is 2. The van der Waals surface area contributed by atoms with Crippen molar-refractivity contribution in [2.24, 2.45) is 0 Å². The zero-order chi connectivity index (χ0) is 24.6. The van der Waals surface area contributed by atoms with Gasteiger partial charge in [0.05, 0.1) is 4.92 Å². The first kappa shape index (κ1) is 22.4. The number of halogens is 1. The van der Waals surface area contributed by atoms with Crippen molar-refractivity contribution in [1.29, 1.82) is 5.26 Å². The molecule has 0 fully saturated rings. The number of nitrogens with zero attached hydrogens (tertiary/aromatic N) is 3. The molecule has 0 saturated carbocycles. The lowest BCUT2D eigenvalue weighted by Crippen LogP contribution is -2.24. The molecule has 0 atom stereocenters. The van der Waals surface area contributed by atoms with Gasteiger partial charge in [-0.3, -0.25) is 19.7 Å². The molecule has 4 rings (SSSR count). The number of hydrogen-bond donors (Lipinski definition) is 1. The highest BCUT2D eigenvalue weighted by atomic mass is 19.1. The van der Waals surface area contributed by atoms with Crippen molar-refractivity contribution >= 4 is 28.3 Å². The molecule has 4 aromatic rings. The molecule has 2 aromatic heterocycles. The summed E-state index contributed by atoms with van der Waals surface area (Å²) in [7, 11) is 0. The second-order valence-electron chi connectivity index (χ2n) is 7.77. The molecule has 170 valence electrons. The minimum atomic E-state index is -0.693. The molecule has 0 saturated heterocycles. The highest BCUT2D eigenvalue weighted by Crippen LogP contribution is 2.36. The Morgan fingerprint density at radius 2 is 1.91 bits per heavy atom. The van der Waals surface area contributed by atoms with Crippen molar-refractivity contribution < 1.29 is 18.5 Å². The largest absolute Gasteiger partial charge is 0.450 e. The Bertz CT molecular complexity index is 1540. The van der Waals surface area contributed by atoms with E-state index in [0.29, 0.717) is 5.56 Å². The van der Waals surface area contributed by atoms with Crippen LogP contribution in [0.25, 0.3) is 22.1 Å². The van der Waals surface area contributed by atoms with E-state index in [9.17, 15) is 29.4 Å². The second-order valence-corrected chi connectivity index (χ2v) is 7.77. The number of non-ortho nitro benzene ring substituents is 1. The van der Waals surface area contributed by atoms with Gasteiger partial charge in [0.1, 0.15) is 23.0 Å². The van der Waals surface area contributed by atoms with E-state index < -0.39 is 22.2 Å². The molecule has 0 aliphatic carbocycles. The van der Waals surface area contributed by atoms with Gasteiger partial charge in [0.25, 0.3) is 17.2 Å². The summed E-state index contributed by atoms with van der Waals surface area (Å²) < 4.78 is 21.2. The highest BCUT2D eigenvalue weighted by molar-refractivity contribution is 6.12. The van der Waals surface area contributed by atoms with Crippen molar-refractivity contribution in [2.75, 3.05) is 5.32 Å². The number of nitro groups is 1. The predicted octanol–water partition coefficient (Wildman–Crippen LogP) is 5.01. The van der Waals surface area contributed by atoms with Crippen molar-refractivity contribution in [3.8, 4) is 17.2 Å². The van der Waals surface area contributed by atoms with E-state index >= 15 is 0 Å². The lowest BCUT2D eigenvalue weighted by atomic mass is 10.0. The Kier molecular flexibility index (Phi) is 5.69. The zero-order valence-electron chi connectivity index (χ0n) is 18.0. The Balaban J connectivity index is 1.89. The molecule has 1 amide bonds.